The van der Waals surface area contributed by atoms with Crippen LogP contribution in [-0.4, -0.2) is 16.9 Å². The minimum Gasteiger partial charge on any atom is -0.440 e. The standard InChI is InChI=1S/C23H13N5O3S/c1-25-15-4-8-17(9-5-15)28(16-6-2-14(13-24)3-7-16)20-11-10-18(31-20)12-19-21(29)26-23(32)27-22(19)30/h2-12H,(H2,26,27,29,30,32). The van der Waals surface area contributed by atoms with E-state index in [1.807, 2.05) is 0 Å². The summed E-state index contributed by atoms with van der Waals surface area (Å²) in [7, 11) is 0. The summed E-state index contributed by atoms with van der Waals surface area (Å²) in [6.07, 6.45) is 1.33. The first kappa shape index (κ1) is 20.5. The van der Waals surface area contributed by atoms with Crippen molar-refractivity contribution in [1.29, 1.82) is 5.26 Å². The highest BCUT2D eigenvalue weighted by Crippen LogP contribution is 2.36. The zero-order chi connectivity index (χ0) is 22.7. The molecular formula is C23H13N5O3S. The van der Waals surface area contributed by atoms with E-state index < -0.39 is 11.8 Å². The summed E-state index contributed by atoms with van der Waals surface area (Å²) < 4.78 is 5.93. The van der Waals surface area contributed by atoms with E-state index in [1.54, 1.807) is 65.6 Å². The van der Waals surface area contributed by atoms with Gasteiger partial charge < -0.3 is 4.42 Å². The Morgan fingerprint density at radius 1 is 0.969 bits per heavy atom. The molecule has 1 saturated heterocycles. The molecule has 2 aromatic carbocycles. The van der Waals surface area contributed by atoms with Gasteiger partial charge in [0.05, 0.1) is 18.2 Å². The topological polar surface area (TPSA) is 103 Å². The summed E-state index contributed by atoms with van der Waals surface area (Å²) in [5.74, 6) is -0.542. The fourth-order valence-electron chi connectivity index (χ4n) is 3.05. The van der Waals surface area contributed by atoms with Crippen molar-refractivity contribution in [2.75, 3.05) is 4.90 Å². The molecule has 0 radical (unpaired) electrons. The molecule has 2 heterocycles. The van der Waals surface area contributed by atoms with Gasteiger partial charge in [-0.1, -0.05) is 12.1 Å². The number of nitrogens with one attached hydrogen (secondary N) is 2. The van der Waals surface area contributed by atoms with Crippen molar-refractivity contribution in [3.63, 3.8) is 0 Å². The van der Waals surface area contributed by atoms with E-state index in [1.165, 1.54) is 6.08 Å². The highest BCUT2D eigenvalue weighted by atomic mass is 32.1. The van der Waals surface area contributed by atoms with Crippen LogP contribution in [-0.2, 0) is 9.59 Å². The Morgan fingerprint density at radius 3 is 2.12 bits per heavy atom. The SMILES string of the molecule is [C-]#[N+]c1ccc(N(c2ccc(C#N)cc2)c2ccc(C=C3C(=O)NC(=S)NC3=O)o2)cc1. The number of benzene rings is 2. The van der Waals surface area contributed by atoms with Crippen molar-refractivity contribution in [2.45, 2.75) is 0 Å². The lowest BCUT2D eigenvalue weighted by atomic mass is 10.1. The molecule has 0 unspecified atom stereocenters. The summed E-state index contributed by atoms with van der Waals surface area (Å²) in [6, 6.07) is 19.2. The van der Waals surface area contributed by atoms with E-state index in [9.17, 15) is 9.59 Å². The lowest BCUT2D eigenvalue weighted by Gasteiger charge is -2.22. The van der Waals surface area contributed by atoms with Gasteiger partial charge >= 0.3 is 0 Å². The van der Waals surface area contributed by atoms with Crippen LogP contribution < -0.4 is 15.5 Å². The number of hydrogen-bond donors (Lipinski definition) is 2. The molecule has 0 bridgehead atoms. The van der Waals surface area contributed by atoms with Crippen LogP contribution in [0.4, 0.5) is 22.9 Å². The zero-order valence-corrected chi connectivity index (χ0v) is 17.1. The quantitative estimate of drug-likeness (QED) is 0.275. The number of nitriles is 1. The van der Waals surface area contributed by atoms with E-state index in [-0.39, 0.29) is 16.4 Å². The molecule has 32 heavy (non-hydrogen) atoms. The van der Waals surface area contributed by atoms with Crippen LogP contribution in [0, 0.1) is 17.9 Å². The molecule has 8 nitrogen and oxygen atoms in total. The average molecular weight is 439 g/mol. The Kier molecular flexibility index (Phi) is 5.49. The monoisotopic (exact) mass is 439 g/mol. The van der Waals surface area contributed by atoms with Gasteiger partial charge in [0.15, 0.2) is 10.8 Å². The van der Waals surface area contributed by atoms with Crippen molar-refractivity contribution in [3.05, 3.63) is 89.0 Å². The molecule has 2 amide bonds. The van der Waals surface area contributed by atoms with Crippen molar-refractivity contribution < 1.29 is 14.0 Å². The van der Waals surface area contributed by atoms with Gasteiger partial charge in [-0.25, -0.2) is 4.85 Å². The lowest BCUT2D eigenvalue weighted by molar-refractivity contribution is -0.123. The van der Waals surface area contributed by atoms with Crippen LogP contribution in [0.2, 0.25) is 0 Å². The second kappa shape index (κ2) is 8.56. The summed E-state index contributed by atoms with van der Waals surface area (Å²) in [5.41, 5.74) is 2.30. The number of rotatable bonds is 4. The second-order valence-electron chi connectivity index (χ2n) is 6.59. The molecule has 154 valence electrons. The first-order valence-electron chi connectivity index (χ1n) is 9.24. The third kappa shape index (κ3) is 4.10. The first-order valence-corrected chi connectivity index (χ1v) is 9.65. The van der Waals surface area contributed by atoms with Crippen molar-refractivity contribution in [1.82, 2.24) is 10.6 Å². The predicted octanol–water partition coefficient (Wildman–Crippen LogP) is 4.09. The van der Waals surface area contributed by atoms with Crippen LogP contribution in [0.15, 0.2) is 70.7 Å². The summed E-state index contributed by atoms with van der Waals surface area (Å²) in [5, 5.41) is 13.8. The van der Waals surface area contributed by atoms with E-state index in [2.05, 4.69) is 21.5 Å². The van der Waals surface area contributed by atoms with Gasteiger partial charge in [0.1, 0.15) is 11.3 Å². The highest BCUT2D eigenvalue weighted by Gasteiger charge is 2.26. The number of anilines is 3. The maximum Gasteiger partial charge on any atom is 0.263 e. The minimum atomic E-state index is -0.615. The van der Waals surface area contributed by atoms with Gasteiger partial charge in [0.25, 0.3) is 11.8 Å². The number of hydrogen-bond acceptors (Lipinski definition) is 6. The molecule has 0 saturated carbocycles. The molecule has 4 rings (SSSR count). The molecule has 2 N–H and O–H groups in total. The van der Waals surface area contributed by atoms with Gasteiger partial charge in [0, 0.05) is 17.4 Å². The zero-order valence-electron chi connectivity index (χ0n) is 16.3. The molecule has 1 fully saturated rings. The second-order valence-corrected chi connectivity index (χ2v) is 7.00. The normalized spacial score (nSPS) is 12.9. The Balaban J connectivity index is 1.74. The maximum absolute atomic E-state index is 12.1. The lowest BCUT2D eigenvalue weighted by Crippen LogP contribution is -2.51. The fraction of sp³-hybridized carbons (Fsp3) is 0. The van der Waals surface area contributed by atoms with E-state index in [0.717, 1.165) is 0 Å². The predicted molar refractivity (Wildman–Crippen MR) is 121 cm³/mol. The van der Waals surface area contributed by atoms with Crippen LogP contribution in [0.1, 0.15) is 11.3 Å². The maximum atomic E-state index is 12.1. The van der Waals surface area contributed by atoms with Gasteiger partial charge in [-0.3, -0.25) is 25.1 Å². The Morgan fingerprint density at radius 2 is 1.56 bits per heavy atom. The van der Waals surface area contributed by atoms with E-state index >= 15 is 0 Å². The third-order valence-corrected chi connectivity index (χ3v) is 4.76. The molecule has 0 spiro atoms. The largest absolute Gasteiger partial charge is 0.440 e. The number of nitrogens with zero attached hydrogens (tertiary/aromatic N) is 3. The van der Waals surface area contributed by atoms with Crippen molar-refractivity contribution in [3.8, 4) is 6.07 Å². The molecular weight excluding hydrogens is 426 g/mol. The summed E-state index contributed by atoms with van der Waals surface area (Å²) >= 11 is 4.80. The van der Waals surface area contributed by atoms with Crippen molar-refractivity contribution >= 4 is 58.2 Å². The van der Waals surface area contributed by atoms with Gasteiger partial charge in [-0.05, 0) is 60.8 Å². The molecule has 0 atom stereocenters. The van der Waals surface area contributed by atoms with E-state index in [0.29, 0.717) is 28.5 Å². The minimum absolute atomic E-state index is 0.0489. The molecule has 1 aromatic heterocycles. The third-order valence-electron chi connectivity index (χ3n) is 4.55. The number of furan rings is 1. The van der Waals surface area contributed by atoms with E-state index in [4.69, 9.17) is 28.5 Å². The Bertz CT molecular complexity index is 1260. The molecule has 0 aliphatic carbocycles. The Hall–Kier alpha value is -4.73. The number of carbonyl (C=O) groups excluding carboxylic acids is 2. The first-order chi connectivity index (χ1) is 15.5. The summed E-state index contributed by atoms with van der Waals surface area (Å²) in [4.78, 5) is 29.4. The van der Waals surface area contributed by atoms with Crippen LogP contribution in [0.25, 0.3) is 10.9 Å². The van der Waals surface area contributed by atoms with Gasteiger partial charge in [0.2, 0.25) is 5.88 Å². The molecule has 3 aromatic rings. The van der Waals surface area contributed by atoms with Crippen molar-refractivity contribution in [2.24, 2.45) is 0 Å². The van der Waals surface area contributed by atoms with Crippen LogP contribution in [0.3, 0.4) is 0 Å². The van der Waals surface area contributed by atoms with Crippen LogP contribution in [0.5, 0.6) is 0 Å². The van der Waals surface area contributed by atoms with Gasteiger partial charge in [-0.15, -0.1) is 0 Å². The van der Waals surface area contributed by atoms with Crippen LogP contribution >= 0.6 is 12.2 Å². The molecule has 1 aliphatic heterocycles. The Labute approximate surface area is 188 Å². The average Bonchev–Trinajstić information content (AvgIpc) is 3.25. The number of carbonyl (C=O) groups is 2. The number of amides is 2. The fourth-order valence-corrected chi connectivity index (χ4v) is 3.24. The molecule has 1 aliphatic rings. The molecule has 9 heteroatoms. The summed E-state index contributed by atoms with van der Waals surface area (Å²) in [6.45, 7) is 7.15. The smallest absolute Gasteiger partial charge is 0.263 e. The number of thiocarbonyl (C=S) groups is 1. The highest BCUT2D eigenvalue weighted by molar-refractivity contribution is 7.80. The van der Waals surface area contributed by atoms with Gasteiger partial charge in [-0.2, -0.15) is 5.26 Å².